The molecule has 2 N–H and O–H groups in total. The zero-order chi connectivity index (χ0) is 16.9. The van der Waals surface area contributed by atoms with Gasteiger partial charge in [0, 0.05) is 31.1 Å². The van der Waals surface area contributed by atoms with E-state index >= 15 is 0 Å². The third kappa shape index (κ3) is 4.17. The maximum atomic E-state index is 11.0. The Morgan fingerprint density at radius 3 is 2.83 bits per heavy atom. The molecule has 1 atom stereocenters. The first kappa shape index (κ1) is 16.6. The van der Waals surface area contributed by atoms with Gasteiger partial charge in [0.25, 0.3) is 0 Å². The van der Waals surface area contributed by atoms with Gasteiger partial charge in [0.1, 0.15) is 0 Å². The number of rotatable bonds is 6. The summed E-state index contributed by atoms with van der Waals surface area (Å²) >= 11 is 0. The highest BCUT2D eigenvalue weighted by Gasteiger charge is 2.27. The van der Waals surface area contributed by atoms with Crippen LogP contribution in [0, 0.1) is 6.92 Å². The lowest BCUT2D eigenvalue weighted by Gasteiger charge is -2.24. The molecule has 126 valence electrons. The summed E-state index contributed by atoms with van der Waals surface area (Å²) in [5.74, 6) is -0.258. The highest BCUT2D eigenvalue weighted by molar-refractivity contribution is 5.74. The van der Waals surface area contributed by atoms with Crippen molar-refractivity contribution < 1.29 is 4.79 Å². The van der Waals surface area contributed by atoms with Crippen LogP contribution in [0.5, 0.6) is 0 Å². The highest BCUT2D eigenvalue weighted by Crippen LogP contribution is 2.32. The number of pyridine rings is 2. The molecule has 1 unspecified atom stereocenters. The zero-order valence-corrected chi connectivity index (χ0v) is 14.1. The van der Waals surface area contributed by atoms with Crippen LogP contribution >= 0.6 is 0 Å². The maximum Gasteiger partial charge on any atom is 0.217 e. The van der Waals surface area contributed by atoms with Gasteiger partial charge in [0.15, 0.2) is 0 Å². The minimum Gasteiger partial charge on any atom is -0.370 e. The molecule has 1 fully saturated rings. The molecule has 0 bridgehead atoms. The summed E-state index contributed by atoms with van der Waals surface area (Å²) < 4.78 is 0. The van der Waals surface area contributed by atoms with E-state index in [0.29, 0.717) is 18.9 Å². The Labute approximate surface area is 142 Å². The normalized spacial score (nSPS) is 18.0. The first-order valence-corrected chi connectivity index (χ1v) is 8.50. The first-order valence-electron chi connectivity index (χ1n) is 8.50. The lowest BCUT2D eigenvalue weighted by molar-refractivity contribution is -0.117. The monoisotopic (exact) mass is 324 g/mol. The molecule has 0 aliphatic carbocycles. The molecule has 2 aromatic heterocycles. The number of aryl methyl sites for hydroxylation is 2. The van der Waals surface area contributed by atoms with Crippen molar-refractivity contribution in [3.8, 4) is 0 Å². The second-order valence-electron chi connectivity index (χ2n) is 6.49. The van der Waals surface area contributed by atoms with Gasteiger partial charge in [-0.2, -0.15) is 0 Å². The molecule has 1 amide bonds. The summed E-state index contributed by atoms with van der Waals surface area (Å²) in [7, 11) is 0. The summed E-state index contributed by atoms with van der Waals surface area (Å²) in [6.45, 7) is 4.01. The van der Waals surface area contributed by atoms with Crippen LogP contribution in [0.3, 0.4) is 0 Å². The molecular weight excluding hydrogens is 300 g/mol. The smallest absolute Gasteiger partial charge is 0.217 e. The Kier molecular flexibility index (Phi) is 5.20. The van der Waals surface area contributed by atoms with Crippen LogP contribution < -0.4 is 5.73 Å². The van der Waals surface area contributed by atoms with E-state index in [-0.39, 0.29) is 5.91 Å². The Bertz CT molecular complexity index is 702. The van der Waals surface area contributed by atoms with E-state index in [1.807, 2.05) is 19.3 Å². The SMILES string of the molecule is Cc1cc(CCC(N)=O)cc(C2CCCN2Cc2ccncc2)n1. The number of hydrogen-bond donors (Lipinski definition) is 1. The fraction of sp³-hybridized carbons (Fsp3) is 0.421. The Morgan fingerprint density at radius 2 is 2.08 bits per heavy atom. The van der Waals surface area contributed by atoms with E-state index in [1.54, 1.807) is 0 Å². The van der Waals surface area contributed by atoms with Gasteiger partial charge < -0.3 is 5.73 Å². The second-order valence-corrected chi connectivity index (χ2v) is 6.49. The minimum absolute atomic E-state index is 0.258. The van der Waals surface area contributed by atoms with Gasteiger partial charge in [-0.25, -0.2) is 0 Å². The molecule has 0 spiro atoms. The lowest BCUT2D eigenvalue weighted by atomic mass is 10.0. The predicted octanol–water partition coefficient (Wildman–Crippen LogP) is 2.54. The molecule has 0 aromatic carbocycles. The number of aromatic nitrogens is 2. The van der Waals surface area contributed by atoms with E-state index < -0.39 is 0 Å². The number of nitrogens with zero attached hydrogens (tertiary/aromatic N) is 3. The molecule has 1 aliphatic heterocycles. The molecule has 5 heteroatoms. The fourth-order valence-electron chi connectivity index (χ4n) is 3.42. The Hall–Kier alpha value is -2.27. The van der Waals surface area contributed by atoms with Crippen molar-refractivity contribution in [2.75, 3.05) is 6.54 Å². The molecule has 1 saturated heterocycles. The highest BCUT2D eigenvalue weighted by atomic mass is 16.1. The van der Waals surface area contributed by atoms with Crippen LogP contribution in [0.1, 0.15) is 47.8 Å². The summed E-state index contributed by atoms with van der Waals surface area (Å²) in [6, 6.07) is 8.67. The predicted molar refractivity (Wildman–Crippen MR) is 93.1 cm³/mol. The van der Waals surface area contributed by atoms with Crippen molar-refractivity contribution in [2.45, 2.75) is 45.2 Å². The first-order chi connectivity index (χ1) is 11.6. The van der Waals surface area contributed by atoms with E-state index in [0.717, 1.165) is 36.5 Å². The molecule has 2 aromatic rings. The molecule has 3 rings (SSSR count). The third-order valence-electron chi connectivity index (χ3n) is 4.53. The quantitative estimate of drug-likeness (QED) is 0.886. The average Bonchev–Trinajstić information content (AvgIpc) is 3.01. The van der Waals surface area contributed by atoms with E-state index in [2.05, 4.69) is 34.1 Å². The summed E-state index contributed by atoms with van der Waals surface area (Å²) in [5, 5.41) is 0. The number of carbonyl (C=O) groups is 1. The molecule has 0 saturated carbocycles. The molecule has 0 radical (unpaired) electrons. The van der Waals surface area contributed by atoms with Crippen molar-refractivity contribution in [2.24, 2.45) is 5.73 Å². The van der Waals surface area contributed by atoms with Gasteiger partial charge in [-0.15, -0.1) is 0 Å². The van der Waals surface area contributed by atoms with Crippen LogP contribution in [0.15, 0.2) is 36.7 Å². The maximum absolute atomic E-state index is 11.0. The minimum atomic E-state index is -0.258. The second kappa shape index (κ2) is 7.53. The van der Waals surface area contributed by atoms with Crippen LogP contribution in [0.2, 0.25) is 0 Å². The molecule has 24 heavy (non-hydrogen) atoms. The number of hydrogen-bond acceptors (Lipinski definition) is 4. The van der Waals surface area contributed by atoms with Gasteiger partial charge in [-0.05, 0) is 68.1 Å². The van der Waals surface area contributed by atoms with Crippen molar-refractivity contribution in [3.05, 3.63) is 59.2 Å². The largest absolute Gasteiger partial charge is 0.370 e. The average molecular weight is 324 g/mol. The molecule has 3 heterocycles. The van der Waals surface area contributed by atoms with Crippen molar-refractivity contribution >= 4 is 5.91 Å². The van der Waals surface area contributed by atoms with E-state index in [4.69, 9.17) is 10.7 Å². The van der Waals surface area contributed by atoms with E-state index in [9.17, 15) is 4.79 Å². The van der Waals surface area contributed by atoms with Crippen molar-refractivity contribution in [1.29, 1.82) is 0 Å². The van der Waals surface area contributed by atoms with Crippen LogP contribution in [0.25, 0.3) is 0 Å². The standard InChI is InChI=1S/C19H24N4O/c1-14-11-16(4-5-19(20)24)12-17(22-14)18-3-2-10-23(18)13-15-6-8-21-9-7-15/h6-9,11-12,18H,2-5,10,13H2,1H3,(H2,20,24). The van der Waals surface area contributed by atoms with Crippen molar-refractivity contribution in [3.63, 3.8) is 0 Å². The van der Waals surface area contributed by atoms with Crippen molar-refractivity contribution in [1.82, 2.24) is 14.9 Å². The Morgan fingerprint density at radius 1 is 1.29 bits per heavy atom. The number of carbonyl (C=O) groups excluding carboxylic acids is 1. The third-order valence-corrected chi connectivity index (χ3v) is 4.53. The van der Waals surface area contributed by atoms with Crippen LogP contribution in [-0.4, -0.2) is 27.3 Å². The Balaban J connectivity index is 1.77. The molecule has 5 nitrogen and oxygen atoms in total. The van der Waals surface area contributed by atoms with E-state index in [1.165, 1.54) is 12.0 Å². The van der Waals surface area contributed by atoms with Gasteiger partial charge in [-0.1, -0.05) is 0 Å². The number of likely N-dealkylation sites (tertiary alicyclic amines) is 1. The fourth-order valence-corrected chi connectivity index (χ4v) is 3.42. The van der Waals surface area contributed by atoms with Gasteiger partial charge in [0.05, 0.1) is 11.7 Å². The molecule has 1 aliphatic rings. The van der Waals surface area contributed by atoms with Crippen LogP contribution in [-0.2, 0) is 17.8 Å². The number of primary amides is 1. The van der Waals surface area contributed by atoms with Gasteiger partial charge in [0.2, 0.25) is 5.91 Å². The molecular formula is C19H24N4O. The van der Waals surface area contributed by atoms with Gasteiger partial charge in [-0.3, -0.25) is 19.7 Å². The summed E-state index contributed by atoms with van der Waals surface area (Å²) in [5.41, 5.74) is 9.82. The number of nitrogens with two attached hydrogens (primary N) is 1. The summed E-state index contributed by atoms with van der Waals surface area (Å²) in [4.78, 5) is 22.4. The summed E-state index contributed by atoms with van der Waals surface area (Å²) in [6.07, 6.45) is 7.05. The lowest BCUT2D eigenvalue weighted by Crippen LogP contribution is -2.23. The van der Waals surface area contributed by atoms with Crippen LogP contribution in [0.4, 0.5) is 0 Å². The topological polar surface area (TPSA) is 72.1 Å². The van der Waals surface area contributed by atoms with Gasteiger partial charge >= 0.3 is 0 Å². The number of amides is 1. The zero-order valence-electron chi connectivity index (χ0n) is 14.1.